The van der Waals surface area contributed by atoms with E-state index in [1.807, 2.05) is 6.92 Å². The Morgan fingerprint density at radius 3 is 2.87 bits per heavy atom. The molecule has 86 valence electrons. The zero-order valence-corrected chi connectivity index (χ0v) is 9.84. The second-order valence-electron chi connectivity index (χ2n) is 3.90. The molecule has 0 saturated carbocycles. The van der Waals surface area contributed by atoms with Crippen LogP contribution in [0.1, 0.15) is 46.5 Å². The van der Waals surface area contributed by atoms with Gasteiger partial charge in [-0.3, -0.25) is 4.79 Å². The molecule has 15 heavy (non-hydrogen) atoms. The Labute approximate surface area is 91.4 Å². The van der Waals surface area contributed by atoms with Crippen LogP contribution < -0.4 is 0 Å². The Bertz CT molecular complexity index is 256. The molecule has 0 radical (unpaired) electrons. The first-order valence-electron chi connectivity index (χ1n) is 5.64. The molecule has 1 aliphatic heterocycles. The molecule has 1 rings (SSSR count). The molecule has 0 spiro atoms. The van der Waals surface area contributed by atoms with E-state index in [2.05, 4.69) is 6.92 Å². The van der Waals surface area contributed by atoms with Gasteiger partial charge in [-0.2, -0.15) is 0 Å². The maximum atomic E-state index is 11.2. The number of Topliss-reactive ketones (excluding diaryl/α,β-unsaturated/α-hetero) is 1. The van der Waals surface area contributed by atoms with Crippen molar-refractivity contribution in [2.75, 3.05) is 6.61 Å². The van der Waals surface area contributed by atoms with Gasteiger partial charge in [-0.15, -0.1) is 0 Å². The number of ether oxygens (including phenoxy) is 2. The predicted octanol–water partition coefficient (Wildman–Crippen LogP) is 2.80. The van der Waals surface area contributed by atoms with Crippen molar-refractivity contribution in [3.63, 3.8) is 0 Å². The highest BCUT2D eigenvalue weighted by molar-refractivity contribution is 5.93. The minimum absolute atomic E-state index is 0.111. The van der Waals surface area contributed by atoms with Crippen LogP contribution in [0, 0.1) is 0 Å². The molecular formula is C12H20O3. The summed E-state index contributed by atoms with van der Waals surface area (Å²) in [5.74, 6) is 0.842. The summed E-state index contributed by atoms with van der Waals surface area (Å²) in [5, 5.41) is 0. The highest BCUT2D eigenvalue weighted by Gasteiger charge is 2.22. The molecule has 1 atom stereocenters. The molecule has 0 aromatic rings. The van der Waals surface area contributed by atoms with Crippen LogP contribution in [-0.2, 0) is 14.3 Å². The molecule has 1 heterocycles. The van der Waals surface area contributed by atoms with E-state index in [9.17, 15) is 4.79 Å². The third-order valence-electron chi connectivity index (χ3n) is 2.59. The van der Waals surface area contributed by atoms with Gasteiger partial charge in [-0.25, -0.2) is 0 Å². The fraction of sp³-hybridized carbons (Fsp3) is 0.750. The van der Waals surface area contributed by atoms with Crippen molar-refractivity contribution in [2.24, 2.45) is 0 Å². The number of hydrogen-bond acceptors (Lipinski definition) is 3. The van der Waals surface area contributed by atoms with Crippen molar-refractivity contribution >= 4 is 5.78 Å². The van der Waals surface area contributed by atoms with Gasteiger partial charge in [0.25, 0.3) is 0 Å². The molecule has 0 aliphatic carbocycles. The first kappa shape index (κ1) is 12.2. The highest BCUT2D eigenvalue weighted by Crippen LogP contribution is 2.24. The van der Waals surface area contributed by atoms with E-state index in [1.54, 1.807) is 6.92 Å². The second kappa shape index (κ2) is 5.91. The summed E-state index contributed by atoms with van der Waals surface area (Å²) in [5.41, 5.74) is 0.811. The van der Waals surface area contributed by atoms with Gasteiger partial charge in [-0.1, -0.05) is 13.3 Å². The number of carbonyl (C=O) groups excluding carboxylic acids is 1. The molecule has 1 unspecified atom stereocenters. The summed E-state index contributed by atoms with van der Waals surface area (Å²) >= 11 is 0. The minimum atomic E-state index is -0.153. The van der Waals surface area contributed by atoms with Gasteiger partial charge in [0.05, 0.1) is 6.61 Å². The summed E-state index contributed by atoms with van der Waals surface area (Å²) < 4.78 is 11.1. The molecule has 0 amide bonds. The van der Waals surface area contributed by atoms with E-state index in [0.29, 0.717) is 0 Å². The summed E-state index contributed by atoms with van der Waals surface area (Å²) in [7, 11) is 0. The normalized spacial score (nSPS) is 21.4. The lowest BCUT2D eigenvalue weighted by molar-refractivity contribution is -0.131. The van der Waals surface area contributed by atoms with Crippen LogP contribution in [0.2, 0.25) is 0 Å². The van der Waals surface area contributed by atoms with Crippen LogP contribution >= 0.6 is 0 Å². The molecule has 1 aliphatic rings. The maximum absolute atomic E-state index is 11.2. The van der Waals surface area contributed by atoms with Crippen molar-refractivity contribution < 1.29 is 14.3 Å². The lowest BCUT2D eigenvalue weighted by Gasteiger charge is -2.26. The summed E-state index contributed by atoms with van der Waals surface area (Å²) in [6, 6.07) is 0. The van der Waals surface area contributed by atoms with E-state index < -0.39 is 0 Å². The summed E-state index contributed by atoms with van der Waals surface area (Å²) in [6.07, 6.45) is 3.59. The number of unbranched alkanes of at least 4 members (excludes halogenated alkanes) is 1. The van der Waals surface area contributed by atoms with Crippen LogP contribution in [0.25, 0.3) is 0 Å². The number of allylic oxidation sites excluding steroid dienone is 2. The predicted molar refractivity (Wildman–Crippen MR) is 58.3 cm³/mol. The second-order valence-corrected chi connectivity index (χ2v) is 3.90. The summed E-state index contributed by atoms with van der Waals surface area (Å²) in [6.45, 7) is 6.29. The van der Waals surface area contributed by atoms with Crippen molar-refractivity contribution in [1.82, 2.24) is 0 Å². The molecule has 0 aromatic heterocycles. The highest BCUT2D eigenvalue weighted by atomic mass is 16.7. The van der Waals surface area contributed by atoms with Crippen LogP contribution in [0.5, 0.6) is 0 Å². The lowest BCUT2D eigenvalue weighted by Crippen LogP contribution is -2.23. The van der Waals surface area contributed by atoms with Crippen LogP contribution in [-0.4, -0.2) is 18.7 Å². The third kappa shape index (κ3) is 3.67. The smallest absolute Gasteiger partial charge is 0.199 e. The number of rotatable bonds is 5. The zero-order chi connectivity index (χ0) is 11.3. The van der Waals surface area contributed by atoms with E-state index >= 15 is 0 Å². The molecule has 0 bridgehead atoms. The van der Waals surface area contributed by atoms with Crippen molar-refractivity contribution in [3.05, 3.63) is 11.3 Å². The molecule has 0 N–H and O–H groups in total. The Hall–Kier alpha value is -0.830. The fourth-order valence-electron chi connectivity index (χ4n) is 1.67. The minimum Gasteiger partial charge on any atom is -0.469 e. The SMILES string of the molecule is CCCCOC1CCC(C(C)=O)=C(C)O1. The molecule has 0 saturated heterocycles. The van der Waals surface area contributed by atoms with Crippen molar-refractivity contribution in [3.8, 4) is 0 Å². The average molecular weight is 212 g/mol. The van der Waals surface area contributed by atoms with Crippen LogP contribution in [0.4, 0.5) is 0 Å². The third-order valence-corrected chi connectivity index (χ3v) is 2.59. The van der Waals surface area contributed by atoms with Gasteiger partial charge >= 0.3 is 0 Å². The molecule has 3 nitrogen and oxygen atoms in total. The lowest BCUT2D eigenvalue weighted by atomic mass is 10.0. The van der Waals surface area contributed by atoms with E-state index in [-0.39, 0.29) is 12.1 Å². The Balaban J connectivity index is 2.41. The van der Waals surface area contributed by atoms with Gasteiger partial charge in [0.15, 0.2) is 12.1 Å². The fourth-order valence-corrected chi connectivity index (χ4v) is 1.67. The van der Waals surface area contributed by atoms with Gasteiger partial charge in [0.1, 0.15) is 5.76 Å². The first-order valence-corrected chi connectivity index (χ1v) is 5.64. The number of ketones is 1. The first-order chi connectivity index (χ1) is 7.15. The van der Waals surface area contributed by atoms with Crippen LogP contribution in [0.3, 0.4) is 0 Å². The van der Waals surface area contributed by atoms with Gasteiger partial charge in [0.2, 0.25) is 0 Å². The topological polar surface area (TPSA) is 35.5 Å². The Morgan fingerprint density at radius 2 is 2.33 bits per heavy atom. The average Bonchev–Trinajstić information content (AvgIpc) is 2.17. The van der Waals surface area contributed by atoms with Gasteiger partial charge in [0, 0.05) is 12.0 Å². The number of carbonyl (C=O) groups is 1. The molecule has 0 fully saturated rings. The van der Waals surface area contributed by atoms with E-state index in [4.69, 9.17) is 9.47 Å². The largest absolute Gasteiger partial charge is 0.469 e. The van der Waals surface area contributed by atoms with E-state index in [1.165, 1.54) is 0 Å². The summed E-state index contributed by atoms with van der Waals surface area (Å²) in [4.78, 5) is 11.2. The molecular weight excluding hydrogens is 192 g/mol. The van der Waals surface area contributed by atoms with E-state index in [0.717, 1.165) is 43.6 Å². The van der Waals surface area contributed by atoms with Gasteiger partial charge < -0.3 is 9.47 Å². The zero-order valence-electron chi connectivity index (χ0n) is 9.84. The van der Waals surface area contributed by atoms with Crippen molar-refractivity contribution in [1.29, 1.82) is 0 Å². The molecule has 0 aromatic carbocycles. The molecule has 3 heteroatoms. The standard InChI is InChI=1S/C12H20O3/c1-4-5-8-14-12-7-6-11(9(2)13)10(3)15-12/h12H,4-8H2,1-3H3. The number of hydrogen-bond donors (Lipinski definition) is 0. The Kier molecular flexibility index (Phi) is 4.82. The monoisotopic (exact) mass is 212 g/mol. The van der Waals surface area contributed by atoms with Crippen molar-refractivity contribution in [2.45, 2.75) is 52.7 Å². The van der Waals surface area contributed by atoms with Gasteiger partial charge in [-0.05, 0) is 26.7 Å². The maximum Gasteiger partial charge on any atom is 0.199 e. The Morgan fingerprint density at radius 1 is 1.60 bits per heavy atom. The quantitative estimate of drug-likeness (QED) is 0.657. The van der Waals surface area contributed by atoms with Crippen LogP contribution in [0.15, 0.2) is 11.3 Å².